The molecular formula is C32H34N4O4. The smallest absolute Gasteiger partial charge is 0.339 e. The molecule has 4 aromatic rings. The van der Waals surface area contributed by atoms with Crippen molar-refractivity contribution in [1.29, 1.82) is 0 Å². The molecule has 1 N–H and O–H groups in total. The second-order valence-corrected chi connectivity index (χ2v) is 11.0. The lowest BCUT2D eigenvalue weighted by Crippen LogP contribution is -2.43. The average molecular weight is 539 g/mol. The van der Waals surface area contributed by atoms with Crippen LogP contribution in [0.25, 0.3) is 16.8 Å². The molecule has 2 aliphatic rings. The van der Waals surface area contributed by atoms with Gasteiger partial charge in [0, 0.05) is 29.6 Å². The van der Waals surface area contributed by atoms with Gasteiger partial charge in [0.15, 0.2) is 0 Å². The number of carboxylic acids is 1. The maximum absolute atomic E-state index is 13.5. The van der Waals surface area contributed by atoms with Gasteiger partial charge in [-0.15, -0.1) is 0 Å². The topological polar surface area (TPSA) is 101 Å². The predicted molar refractivity (Wildman–Crippen MR) is 151 cm³/mol. The molecule has 1 amide bonds. The van der Waals surface area contributed by atoms with Gasteiger partial charge in [-0.05, 0) is 80.3 Å². The summed E-state index contributed by atoms with van der Waals surface area (Å²) in [5.74, 6) is 0.0298. The summed E-state index contributed by atoms with van der Waals surface area (Å²) in [6.45, 7) is 4.87. The second-order valence-electron chi connectivity index (χ2n) is 11.0. The number of carboxylic acid groups (broad SMARTS) is 1. The third-order valence-corrected chi connectivity index (χ3v) is 8.41. The minimum atomic E-state index is -0.990. The summed E-state index contributed by atoms with van der Waals surface area (Å²) in [4.78, 5) is 27.7. The first-order chi connectivity index (χ1) is 19.5. The van der Waals surface area contributed by atoms with E-state index in [2.05, 4.69) is 22.1 Å². The molecule has 6 rings (SSSR count). The van der Waals surface area contributed by atoms with Crippen LogP contribution in [0.3, 0.4) is 0 Å². The quantitative estimate of drug-likeness (QED) is 0.271. The molecule has 8 nitrogen and oxygen atoms in total. The Bertz CT molecular complexity index is 1550. The summed E-state index contributed by atoms with van der Waals surface area (Å²) in [5, 5.41) is 18.3. The molecular weight excluding hydrogens is 504 g/mol. The van der Waals surface area contributed by atoms with Gasteiger partial charge in [0.25, 0.3) is 5.91 Å². The van der Waals surface area contributed by atoms with Crippen LogP contribution in [0.15, 0.2) is 65.4 Å². The van der Waals surface area contributed by atoms with Crippen molar-refractivity contribution in [2.45, 2.75) is 70.3 Å². The fraction of sp³-hybridized carbons (Fsp3) is 0.375. The summed E-state index contributed by atoms with van der Waals surface area (Å²) in [6, 6.07) is 16.0. The van der Waals surface area contributed by atoms with E-state index in [9.17, 15) is 14.7 Å². The van der Waals surface area contributed by atoms with Crippen molar-refractivity contribution in [2.75, 3.05) is 6.54 Å². The SMILES string of the molecule is CCC[C@@H]1CCCCN1C(=O)c1cccc(-c2cccc(-n3ncc(C(=O)O)c3C3CC3c3cnoc3C)c2)c1. The van der Waals surface area contributed by atoms with Gasteiger partial charge in [-0.25, -0.2) is 9.48 Å². The van der Waals surface area contributed by atoms with Crippen LogP contribution in [0.4, 0.5) is 0 Å². The van der Waals surface area contributed by atoms with Crippen LogP contribution >= 0.6 is 0 Å². The molecule has 1 aliphatic carbocycles. The lowest BCUT2D eigenvalue weighted by molar-refractivity contribution is 0.0600. The standard InChI is InChI=1S/C32H34N4O4/c1-3-8-24-12-4-5-14-35(24)31(37)23-11-6-9-21(15-23)22-10-7-13-25(16-22)36-30(29(18-33-36)32(38)39)27-17-26(27)28-19-34-40-20(28)2/h6-7,9-11,13,15-16,18-19,24,26-27H,3-5,8,12,14,17H2,1-2H3,(H,38,39)/t24-,26?,27?/m1/s1. The van der Waals surface area contributed by atoms with Crippen molar-refractivity contribution >= 4 is 11.9 Å². The second kappa shape index (κ2) is 10.8. The first kappa shape index (κ1) is 26.0. The van der Waals surface area contributed by atoms with Crippen LogP contribution in [0.5, 0.6) is 0 Å². The highest BCUT2D eigenvalue weighted by Crippen LogP contribution is 2.56. The number of piperidine rings is 1. The van der Waals surface area contributed by atoms with E-state index in [1.54, 1.807) is 10.9 Å². The number of hydrogen-bond donors (Lipinski definition) is 1. The molecule has 3 heterocycles. The molecule has 2 aromatic carbocycles. The Hall–Kier alpha value is -4.20. The van der Waals surface area contributed by atoms with E-state index in [-0.39, 0.29) is 23.3 Å². The summed E-state index contributed by atoms with van der Waals surface area (Å²) in [7, 11) is 0. The molecule has 0 spiro atoms. The van der Waals surface area contributed by atoms with Gasteiger partial charge in [0.05, 0.1) is 23.8 Å². The Balaban J connectivity index is 1.31. The molecule has 1 saturated carbocycles. The van der Waals surface area contributed by atoms with Crippen LogP contribution in [-0.2, 0) is 0 Å². The number of benzene rings is 2. The molecule has 8 heteroatoms. The zero-order valence-corrected chi connectivity index (χ0v) is 22.9. The predicted octanol–water partition coefficient (Wildman–Crippen LogP) is 6.60. The van der Waals surface area contributed by atoms with Crippen molar-refractivity contribution in [3.05, 3.63) is 89.1 Å². The highest BCUT2D eigenvalue weighted by Gasteiger charge is 2.46. The van der Waals surface area contributed by atoms with Crippen LogP contribution in [-0.4, -0.2) is 49.4 Å². The van der Waals surface area contributed by atoms with Crippen LogP contribution in [0.1, 0.15) is 95.0 Å². The monoisotopic (exact) mass is 538 g/mol. The first-order valence-corrected chi connectivity index (χ1v) is 14.2. The summed E-state index contributed by atoms with van der Waals surface area (Å²) >= 11 is 0. The molecule has 0 radical (unpaired) electrons. The van der Waals surface area contributed by atoms with E-state index < -0.39 is 5.97 Å². The molecule has 40 heavy (non-hydrogen) atoms. The maximum atomic E-state index is 13.5. The number of rotatable bonds is 8. The van der Waals surface area contributed by atoms with Gasteiger partial charge >= 0.3 is 5.97 Å². The molecule has 0 bridgehead atoms. The fourth-order valence-electron chi connectivity index (χ4n) is 6.30. The number of aromatic carboxylic acids is 1. The zero-order chi connectivity index (χ0) is 27.8. The highest BCUT2D eigenvalue weighted by molar-refractivity contribution is 5.96. The van der Waals surface area contributed by atoms with E-state index in [4.69, 9.17) is 4.52 Å². The van der Waals surface area contributed by atoms with Gasteiger partial charge in [-0.3, -0.25) is 4.79 Å². The van der Waals surface area contributed by atoms with Crippen molar-refractivity contribution in [1.82, 2.24) is 19.8 Å². The Morgan fingerprint density at radius 3 is 2.60 bits per heavy atom. The van der Waals surface area contributed by atoms with E-state index in [0.29, 0.717) is 17.3 Å². The molecule has 206 valence electrons. The third kappa shape index (κ3) is 4.83. The van der Waals surface area contributed by atoms with Gasteiger partial charge in [0.2, 0.25) is 0 Å². The van der Waals surface area contributed by atoms with E-state index >= 15 is 0 Å². The van der Waals surface area contributed by atoms with E-state index in [1.165, 1.54) is 12.6 Å². The van der Waals surface area contributed by atoms with Gasteiger partial charge in [0.1, 0.15) is 11.3 Å². The lowest BCUT2D eigenvalue weighted by Gasteiger charge is -2.36. The largest absolute Gasteiger partial charge is 0.478 e. The number of aromatic nitrogens is 3. The van der Waals surface area contributed by atoms with Crippen molar-refractivity contribution in [3.63, 3.8) is 0 Å². The van der Waals surface area contributed by atoms with Crippen molar-refractivity contribution in [3.8, 4) is 16.8 Å². The average Bonchev–Trinajstić information content (AvgIpc) is 3.40. The number of carbonyl (C=O) groups excluding carboxylic acids is 1. The fourth-order valence-corrected chi connectivity index (χ4v) is 6.30. The summed E-state index contributed by atoms with van der Waals surface area (Å²) in [6.07, 6.45) is 9.39. The number of amides is 1. The normalized spacial score (nSPS) is 20.4. The zero-order valence-electron chi connectivity index (χ0n) is 22.9. The van der Waals surface area contributed by atoms with Gasteiger partial charge in [-0.2, -0.15) is 5.10 Å². The highest BCUT2D eigenvalue weighted by atomic mass is 16.5. The van der Waals surface area contributed by atoms with Crippen molar-refractivity contribution in [2.24, 2.45) is 0 Å². The van der Waals surface area contributed by atoms with Gasteiger partial charge in [-0.1, -0.05) is 42.8 Å². The Labute approximate surface area is 233 Å². The Kier molecular flexibility index (Phi) is 7.00. The van der Waals surface area contributed by atoms with Crippen LogP contribution in [0.2, 0.25) is 0 Å². The van der Waals surface area contributed by atoms with Crippen LogP contribution < -0.4 is 0 Å². The lowest BCUT2D eigenvalue weighted by atomic mass is 9.96. The van der Waals surface area contributed by atoms with E-state index in [0.717, 1.165) is 66.8 Å². The first-order valence-electron chi connectivity index (χ1n) is 14.2. The number of aryl methyl sites for hydroxylation is 1. The number of carbonyl (C=O) groups is 2. The molecule has 1 aliphatic heterocycles. The van der Waals surface area contributed by atoms with Gasteiger partial charge < -0.3 is 14.5 Å². The Morgan fingerprint density at radius 1 is 1.05 bits per heavy atom. The summed E-state index contributed by atoms with van der Waals surface area (Å²) < 4.78 is 7.00. The van der Waals surface area contributed by atoms with Crippen molar-refractivity contribution < 1.29 is 19.2 Å². The minimum Gasteiger partial charge on any atom is -0.478 e. The number of likely N-dealkylation sites (tertiary alicyclic amines) is 1. The number of hydrogen-bond acceptors (Lipinski definition) is 5. The molecule has 3 atom stereocenters. The maximum Gasteiger partial charge on any atom is 0.339 e. The molecule has 2 fully saturated rings. The number of nitrogens with zero attached hydrogens (tertiary/aromatic N) is 4. The molecule has 2 aromatic heterocycles. The summed E-state index contributed by atoms with van der Waals surface area (Å²) in [5.41, 5.74) is 5.27. The molecule has 2 unspecified atom stereocenters. The van der Waals surface area contributed by atoms with Crippen LogP contribution in [0, 0.1) is 6.92 Å². The Morgan fingerprint density at radius 2 is 1.85 bits per heavy atom. The third-order valence-electron chi connectivity index (χ3n) is 8.41. The minimum absolute atomic E-state index is 0.0110. The molecule has 1 saturated heterocycles. The van der Waals surface area contributed by atoms with E-state index in [1.807, 2.05) is 55.5 Å².